The monoisotopic (exact) mass is 253 g/mol. The van der Waals surface area contributed by atoms with Crippen molar-refractivity contribution in [1.82, 2.24) is 5.32 Å². The van der Waals surface area contributed by atoms with E-state index in [9.17, 15) is 0 Å². The zero-order valence-electron chi connectivity index (χ0n) is 11.3. The van der Waals surface area contributed by atoms with Gasteiger partial charge in [-0.15, -0.1) is 0 Å². The molecule has 4 N–H and O–H groups in total. The van der Waals surface area contributed by atoms with Gasteiger partial charge in [0, 0.05) is 17.9 Å². The molecule has 1 unspecified atom stereocenters. The van der Waals surface area contributed by atoms with E-state index in [0.29, 0.717) is 6.04 Å². The van der Waals surface area contributed by atoms with E-state index in [2.05, 4.69) is 17.4 Å². The Hall–Kier alpha value is -1.49. The summed E-state index contributed by atoms with van der Waals surface area (Å²) in [6.45, 7) is 6.84. The Bertz CT molecular complexity index is 372. The highest BCUT2D eigenvalue weighted by molar-refractivity contribution is 5.85. The van der Waals surface area contributed by atoms with Gasteiger partial charge < -0.3 is 20.7 Å². The molecule has 18 heavy (non-hydrogen) atoms. The number of nitrogens with two attached hydrogens (primary N) is 1. The van der Waals surface area contributed by atoms with Crippen molar-refractivity contribution in [3.05, 3.63) is 24.2 Å². The second-order valence-corrected chi connectivity index (χ2v) is 5.26. The third-order valence-corrected chi connectivity index (χ3v) is 3.13. The Kier molecular flexibility index (Phi) is 5.22. The molecule has 0 aromatic carbocycles. The van der Waals surface area contributed by atoms with Crippen molar-refractivity contribution in [2.75, 3.05) is 6.54 Å². The molecule has 1 rings (SSSR count). The highest BCUT2D eigenvalue weighted by Crippen LogP contribution is 2.19. The molecule has 1 aromatic heterocycles. The molecule has 1 aromatic rings. The minimum Gasteiger partial charge on any atom is -0.469 e. The van der Waals surface area contributed by atoms with Gasteiger partial charge in [-0.25, -0.2) is 0 Å². The largest absolute Gasteiger partial charge is 0.469 e. The molecule has 0 bridgehead atoms. The van der Waals surface area contributed by atoms with Crippen LogP contribution in [0.4, 0.5) is 0 Å². The van der Waals surface area contributed by atoms with Gasteiger partial charge >= 0.3 is 0 Å². The average Bonchev–Trinajstić information content (AvgIpc) is 2.80. The van der Waals surface area contributed by atoms with Crippen LogP contribution in [0, 0.1) is 5.41 Å². The molecule has 5 heteroatoms. The summed E-state index contributed by atoms with van der Waals surface area (Å²) in [5.41, 5.74) is 5.34. The summed E-state index contributed by atoms with van der Waals surface area (Å²) in [7, 11) is 0. The minimum absolute atomic E-state index is 0.267. The number of nitrogens with zero attached hydrogens (tertiary/aromatic N) is 1. The first-order chi connectivity index (χ1) is 8.45. The van der Waals surface area contributed by atoms with Gasteiger partial charge in [0.15, 0.2) is 0 Å². The zero-order chi connectivity index (χ0) is 13.6. The van der Waals surface area contributed by atoms with Crippen molar-refractivity contribution in [2.24, 2.45) is 16.3 Å². The molecule has 0 saturated carbocycles. The van der Waals surface area contributed by atoms with E-state index in [4.69, 9.17) is 15.4 Å². The lowest BCUT2D eigenvalue weighted by Gasteiger charge is -2.24. The third-order valence-electron chi connectivity index (χ3n) is 3.13. The van der Waals surface area contributed by atoms with Crippen LogP contribution < -0.4 is 11.1 Å². The third kappa shape index (κ3) is 4.41. The Morgan fingerprint density at radius 3 is 2.89 bits per heavy atom. The van der Waals surface area contributed by atoms with Crippen molar-refractivity contribution in [1.29, 1.82) is 0 Å². The molecule has 5 nitrogen and oxygen atoms in total. The molecule has 0 saturated heterocycles. The maximum Gasteiger partial charge on any atom is 0.144 e. The Morgan fingerprint density at radius 2 is 2.33 bits per heavy atom. The Labute approximate surface area is 108 Å². The van der Waals surface area contributed by atoms with Crippen molar-refractivity contribution >= 4 is 5.84 Å². The van der Waals surface area contributed by atoms with Gasteiger partial charge in [-0.1, -0.05) is 19.0 Å². The van der Waals surface area contributed by atoms with Gasteiger partial charge in [0.05, 0.1) is 6.26 Å². The van der Waals surface area contributed by atoms with Gasteiger partial charge in [-0.2, -0.15) is 0 Å². The number of hydrogen-bond donors (Lipinski definition) is 3. The van der Waals surface area contributed by atoms with Crippen LogP contribution in [0.15, 0.2) is 28.0 Å². The van der Waals surface area contributed by atoms with Crippen LogP contribution in [-0.4, -0.2) is 23.6 Å². The highest BCUT2D eigenvalue weighted by Gasteiger charge is 2.23. The van der Waals surface area contributed by atoms with Crippen LogP contribution in [0.1, 0.15) is 33.0 Å². The molecule has 1 atom stereocenters. The first-order valence-corrected chi connectivity index (χ1v) is 6.19. The maximum absolute atomic E-state index is 8.68. The van der Waals surface area contributed by atoms with Crippen LogP contribution in [0.3, 0.4) is 0 Å². The zero-order valence-corrected chi connectivity index (χ0v) is 11.3. The van der Waals surface area contributed by atoms with E-state index in [1.807, 2.05) is 26.0 Å². The lowest BCUT2D eigenvalue weighted by Crippen LogP contribution is -2.37. The first kappa shape index (κ1) is 14.6. The Morgan fingerprint density at radius 1 is 1.61 bits per heavy atom. The summed E-state index contributed by atoms with van der Waals surface area (Å²) in [4.78, 5) is 0. The molecule has 0 spiro atoms. The fourth-order valence-electron chi connectivity index (χ4n) is 1.70. The molecule has 0 aliphatic carbocycles. The molecular formula is C13H23N3O2. The summed E-state index contributed by atoms with van der Waals surface area (Å²) in [5, 5.41) is 15.2. The van der Waals surface area contributed by atoms with E-state index >= 15 is 0 Å². The first-order valence-electron chi connectivity index (χ1n) is 6.19. The van der Waals surface area contributed by atoms with E-state index in [1.54, 1.807) is 6.26 Å². The number of furan rings is 1. The smallest absolute Gasteiger partial charge is 0.144 e. The summed E-state index contributed by atoms with van der Waals surface area (Å²) in [6.07, 6.45) is 3.35. The second-order valence-electron chi connectivity index (χ2n) is 5.26. The van der Waals surface area contributed by atoms with E-state index in [-0.39, 0.29) is 11.3 Å². The molecule has 102 valence electrons. The van der Waals surface area contributed by atoms with Crippen molar-refractivity contribution in [3.63, 3.8) is 0 Å². The predicted octanol–water partition coefficient (Wildman–Crippen LogP) is 1.96. The molecule has 1 heterocycles. The van der Waals surface area contributed by atoms with Crippen molar-refractivity contribution in [3.8, 4) is 0 Å². The van der Waals surface area contributed by atoms with E-state index < -0.39 is 0 Å². The SMILES string of the molecule is CC(Cc1ccco1)NCCC(C)(C)C(N)=NO. The lowest BCUT2D eigenvalue weighted by molar-refractivity contribution is 0.304. The van der Waals surface area contributed by atoms with Crippen LogP contribution in [-0.2, 0) is 6.42 Å². The van der Waals surface area contributed by atoms with Gasteiger partial charge in [0.2, 0.25) is 0 Å². The van der Waals surface area contributed by atoms with Crippen LogP contribution in [0.2, 0.25) is 0 Å². The number of nitrogens with one attached hydrogen (secondary N) is 1. The number of amidine groups is 1. The second kappa shape index (κ2) is 6.44. The maximum atomic E-state index is 8.68. The molecule has 0 amide bonds. The fourth-order valence-corrected chi connectivity index (χ4v) is 1.70. The molecule has 0 aliphatic rings. The molecule has 0 fully saturated rings. The predicted molar refractivity (Wildman–Crippen MR) is 71.7 cm³/mol. The molecule has 0 aliphatic heterocycles. The van der Waals surface area contributed by atoms with Crippen LogP contribution in [0.5, 0.6) is 0 Å². The quantitative estimate of drug-likeness (QED) is 0.300. The summed E-state index contributed by atoms with van der Waals surface area (Å²) in [5.74, 6) is 1.24. The van der Waals surface area contributed by atoms with Crippen molar-refractivity contribution in [2.45, 2.75) is 39.7 Å². The number of hydrogen-bond acceptors (Lipinski definition) is 4. The summed E-state index contributed by atoms with van der Waals surface area (Å²) in [6, 6.07) is 4.20. The lowest BCUT2D eigenvalue weighted by atomic mass is 9.88. The average molecular weight is 253 g/mol. The van der Waals surface area contributed by atoms with E-state index in [0.717, 1.165) is 25.1 Å². The van der Waals surface area contributed by atoms with Gasteiger partial charge in [0.1, 0.15) is 11.6 Å². The van der Waals surface area contributed by atoms with Crippen LogP contribution >= 0.6 is 0 Å². The van der Waals surface area contributed by atoms with E-state index in [1.165, 1.54) is 0 Å². The number of oxime groups is 1. The topological polar surface area (TPSA) is 83.8 Å². The molecular weight excluding hydrogens is 230 g/mol. The Balaban J connectivity index is 2.29. The standard InChI is InChI=1S/C13H23N3O2/c1-10(9-11-5-4-8-18-11)15-7-6-13(2,3)12(14)16-17/h4-5,8,10,15,17H,6-7,9H2,1-3H3,(H2,14,16). The van der Waals surface area contributed by atoms with Gasteiger partial charge in [-0.3, -0.25) is 0 Å². The number of rotatable bonds is 7. The van der Waals surface area contributed by atoms with Gasteiger partial charge in [-0.05, 0) is 32.0 Å². The summed E-state index contributed by atoms with van der Waals surface area (Å²) >= 11 is 0. The van der Waals surface area contributed by atoms with Crippen molar-refractivity contribution < 1.29 is 9.62 Å². The normalized spacial score (nSPS) is 14.7. The van der Waals surface area contributed by atoms with Gasteiger partial charge in [0.25, 0.3) is 0 Å². The molecule has 0 radical (unpaired) electrons. The summed E-state index contributed by atoms with van der Waals surface area (Å²) < 4.78 is 5.29. The minimum atomic E-state index is -0.299. The fraction of sp³-hybridized carbons (Fsp3) is 0.615. The van der Waals surface area contributed by atoms with Crippen LogP contribution in [0.25, 0.3) is 0 Å². The highest BCUT2D eigenvalue weighted by atomic mass is 16.4.